The van der Waals surface area contributed by atoms with E-state index < -0.39 is 0 Å². The van der Waals surface area contributed by atoms with Crippen LogP contribution >= 0.6 is 11.8 Å². The average molecular weight is 297 g/mol. The Morgan fingerprint density at radius 1 is 1.55 bits per heavy atom. The van der Waals surface area contributed by atoms with Crippen molar-refractivity contribution < 1.29 is 14.3 Å². The number of benzene rings is 1. The molecule has 0 spiro atoms. The molecule has 1 heterocycles. The van der Waals surface area contributed by atoms with Gasteiger partial charge in [-0.15, -0.1) is 11.8 Å². The van der Waals surface area contributed by atoms with Crippen molar-refractivity contribution in [1.82, 2.24) is 0 Å². The maximum Gasteiger partial charge on any atom is 0.240 e. The lowest BCUT2D eigenvalue weighted by Gasteiger charge is -2.32. The van der Waals surface area contributed by atoms with Gasteiger partial charge in [-0.1, -0.05) is 13.0 Å². The van der Waals surface area contributed by atoms with Crippen molar-refractivity contribution >= 4 is 23.4 Å². The summed E-state index contributed by atoms with van der Waals surface area (Å²) < 4.78 is 13.3. The van der Waals surface area contributed by atoms with Crippen molar-refractivity contribution in [2.75, 3.05) is 23.8 Å². The van der Waals surface area contributed by atoms with Crippen LogP contribution in [0, 0.1) is 11.7 Å². The third-order valence-electron chi connectivity index (χ3n) is 3.40. The molecular formula is C15H20FNO2S. The average Bonchev–Trinajstić information content (AvgIpc) is 2.45. The Bertz CT molecular complexity index is 469. The maximum atomic E-state index is 13.3. The van der Waals surface area contributed by atoms with E-state index in [-0.39, 0.29) is 29.5 Å². The zero-order valence-corrected chi connectivity index (χ0v) is 12.4. The van der Waals surface area contributed by atoms with Crippen LogP contribution in [0.1, 0.15) is 19.8 Å². The number of carbonyl (C=O) groups is 1. The maximum absolute atomic E-state index is 13.3. The third kappa shape index (κ3) is 3.73. The van der Waals surface area contributed by atoms with Crippen LogP contribution < -0.4 is 4.90 Å². The van der Waals surface area contributed by atoms with E-state index in [1.165, 1.54) is 12.1 Å². The zero-order chi connectivity index (χ0) is 14.5. The van der Waals surface area contributed by atoms with Gasteiger partial charge in [0.15, 0.2) is 0 Å². The van der Waals surface area contributed by atoms with Gasteiger partial charge in [-0.25, -0.2) is 4.39 Å². The first-order chi connectivity index (χ1) is 9.61. The molecule has 1 N–H and O–H groups in total. The second-order valence-electron chi connectivity index (χ2n) is 5.22. The first-order valence-electron chi connectivity index (χ1n) is 6.91. The Hall–Kier alpha value is -1.07. The molecule has 1 aromatic carbocycles. The van der Waals surface area contributed by atoms with Crippen LogP contribution in [0.15, 0.2) is 24.3 Å². The van der Waals surface area contributed by atoms with E-state index >= 15 is 0 Å². The van der Waals surface area contributed by atoms with E-state index in [2.05, 4.69) is 0 Å². The van der Waals surface area contributed by atoms with Crippen LogP contribution in [-0.2, 0) is 4.79 Å². The summed E-state index contributed by atoms with van der Waals surface area (Å²) in [7, 11) is 0. The summed E-state index contributed by atoms with van der Waals surface area (Å²) in [6.45, 7) is 2.75. The molecule has 20 heavy (non-hydrogen) atoms. The summed E-state index contributed by atoms with van der Waals surface area (Å²) in [4.78, 5) is 14.1. The highest BCUT2D eigenvalue weighted by molar-refractivity contribution is 8.00. The minimum absolute atomic E-state index is 0.0528. The third-order valence-corrected chi connectivity index (χ3v) is 5.00. The molecule has 1 aromatic rings. The lowest BCUT2D eigenvalue weighted by molar-refractivity contribution is -0.119. The van der Waals surface area contributed by atoms with Crippen molar-refractivity contribution in [3.05, 3.63) is 30.1 Å². The number of piperidine rings is 1. The predicted octanol–water partition coefficient (Wildman–Crippen LogP) is 2.68. The summed E-state index contributed by atoms with van der Waals surface area (Å²) in [6, 6.07) is 6.18. The molecular weight excluding hydrogens is 277 g/mol. The van der Waals surface area contributed by atoms with Crippen LogP contribution in [0.4, 0.5) is 10.1 Å². The SMILES string of the molecule is C[C@H](CO)CS[C@H]1CCCN(c2cccc(F)c2)C1=O. The Labute approximate surface area is 123 Å². The Morgan fingerprint density at radius 3 is 3.05 bits per heavy atom. The van der Waals surface area contributed by atoms with Crippen LogP contribution in [0.25, 0.3) is 0 Å². The second kappa shape index (κ2) is 7.09. The molecule has 2 rings (SSSR count). The molecule has 0 radical (unpaired) electrons. The van der Waals surface area contributed by atoms with E-state index in [1.807, 2.05) is 6.92 Å². The van der Waals surface area contributed by atoms with Crippen molar-refractivity contribution in [2.45, 2.75) is 25.0 Å². The molecule has 110 valence electrons. The summed E-state index contributed by atoms with van der Waals surface area (Å²) in [5.74, 6) is 0.692. The van der Waals surface area contributed by atoms with Crippen molar-refractivity contribution in [1.29, 1.82) is 0 Å². The fourth-order valence-electron chi connectivity index (χ4n) is 2.23. The van der Waals surface area contributed by atoms with Gasteiger partial charge < -0.3 is 10.0 Å². The van der Waals surface area contributed by atoms with Gasteiger partial charge in [-0.05, 0) is 42.7 Å². The van der Waals surface area contributed by atoms with Crippen LogP contribution in [0.5, 0.6) is 0 Å². The quantitative estimate of drug-likeness (QED) is 0.908. The smallest absolute Gasteiger partial charge is 0.240 e. The number of halogens is 1. The van der Waals surface area contributed by atoms with Gasteiger partial charge in [-0.3, -0.25) is 4.79 Å². The summed E-state index contributed by atoms with van der Waals surface area (Å²) in [5.41, 5.74) is 0.635. The Morgan fingerprint density at radius 2 is 2.35 bits per heavy atom. The van der Waals surface area contributed by atoms with Crippen molar-refractivity contribution in [3.63, 3.8) is 0 Å². The zero-order valence-electron chi connectivity index (χ0n) is 11.6. The molecule has 3 nitrogen and oxygen atoms in total. The number of hydrogen-bond donors (Lipinski definition) is 1. The molecule has 0 aliphatic carbocycles. The highest BCUT2D eigenvalue weighted by Gasteiger charge is 2.30. The molecule has 5 heteroatoms. The first kappa shape index (κ1) is 15.3. The molecule has 0 aromatic heterocycles. The topological polar surface area (TPSA) is 40.5 Å². The molecule has 1 fully saturated rings. The molecule has 2 atom stereocenters. The summed E-state index contributed by atoms with van der Waals surface area (Å²) in [6.07, 6.45) is 1.78. The van der Waals surface area contributed by atoms with E-state index in [9.17, 15) is 9.18 Å². The van der Waals surface area contributed by atoms with E-state index in [0.29, 0.717) is 12.2 Å². The number of thioether (sulfide) groups is 1. The van der Waals surface area contributed by atoms with Gasteiger partial charge in [0, 0.05) is 18.8 Å². The molecule has 1 aliphatic rings. The van der Waals surface area contributed by atoms with Crippen LogP contribution in [0.2, 0.25) is 0 Å². The van der Waals surface area contributed by atoms with E-state index in [4.69, 9.17) is 5.11 Å². The summed E-state index contributed by atoms with van der Waals surface area (Å²) >= 11 is 1.60. The lowest BCUT2D eigenvalue weighted by atomic mass is 10.1. The van der Waals surface area contributed by atoms with Crippen LogP contribution in [-0.4, -0.2) is 35.2 Å². The van der Waals surface area contributed by atoms with E-state index in [1.54, 1.807) is 28.8 Å². The van der Waals surface area contributed by atoms with Gasteiger partial charge in [0.1, 0.15) is 5.82 Å². The Kier molecular flexibility index (Phi) is 5.43. The number of aliphatic hydroxyl groups is 1. The summed E-state index contributed by atoms with van der Waals surface area (Å²) in [5, 5.41) is 8.96. The lowest BCUT2D eigenvalue weighted by Crippen LogP contribution is -2.43. The standard InChI is InChI=1S/C15H20FNO2S/c1-11(9-18)10-20-14-6-3-7-17(15(14)19)13-5-2-4-12(16)8-13/h2,4-5,8,11,14,18H,3,6-7,9-10H2,1H3/t11-,14+/m1/s1. The van der Waals surface area contributed by atoms with Gasteiger partial charge in [0.2, 0.25) is 5.91 Å². The monoisotopic (exact) mass is 297 g/mol. The highest BCUT2D eigenvalue weighted by atomic mass is 32.2. The normalized spacial score (nSPS) is 21.1. The number of amides is 1. The largest absolute Gasteiger partial charge is 0.396 e. The predicted molar refractivity (Wildman–Crippen MR) is 80.5 cm³/mol. The van der Waals surface area contributed by atoms with Gasteiger partial charge in [0.25, 0.3) is 0 Å². The molecule has 0 saturated carbocycles. The number of nitrogens with zero attached hydrogens (tertiary/aromatic N) is 1. The fraction of sp³-hybridized carbons (Fsp3) is 0.533. The van der Waals surface area contributed by atoms with Gasteiger partial charge in [-0.2, -0.15) is 0 Å². The minimum Gasteiger partial charge on any atom is -0.396 e. The number of hydrogen-bond acceptors (Lipinski definition) is 3. The van der Waals surface area contributed by atoms with Crippen molar-refractivity contribution in [2.24, 2.45) is 5.92 Å². The van der Waals surface area contributed by atoms with Gasteiger partial charge in [0.05, 0.1) is 5.25 Å². The van der Waals surface area contributed by atoms with Crippen molar-refractivity contribution in [3.8, 4) is 0 Å². The number of anilines is 1. The van der Waals surface area contributed by atoms with Gasteiger partial charge >= 0.3 is 0 Å². The molecule has 0 bridgehead atoms. The van der Waals surface area contributed by atoms with Crippen LogP contribution in [0.3, 0.4) is 0 Å². The minimum atomic E-state index is -0.320. The van der Waals surface area contributed by atoms with E-state index in [0.717, 1.165) is 18.6 Å². The molecule has 1 aliphatic heterocycles. The molecule has 0 unspecified atom stereocenters. The highest BCUT2D eigenvalue weighted by Crippen LogP contribution is 2.29. The number of carbonyl (C=O) groups excluding carboxylic acids is 1. The molecule has 1 amide bonds. The fourth-order valence-corrected chi connectivity index (χ4v) is 3.50. The Balaban J connectivity index is 2.03. The number of aliphatic hydroxyl groups excluding tert-OH is 1. The molecule has 1 saturated heterocycles. The first-order valence-corrected chi connectivity index (χ1v) is 7.96. The number of rotatable bonds is 5. The second-order valence-corrected chi connectivity index (χ2v) is 6.46.